The summed E-state index contributed by atoms with van der Waals surface area (Å²) in [6, 6.07) is 8.65. The van der Waals surface area contributed by atoms with Crippen molar-refractivity contribution < 1.29 is 9.53 Å². The number of rotatable bonds is 14. The first-order valence-electron chi connectivity index (χ1n) is 11.8. The summed E-state index contributed by atoms with van der Waals surface area (Å²) >= 11 is 0. The van der Waals surface area contributed by atoms with E-state index in [1.54, 1.807) is 6.20 Å². The van der Waals surface area contributed by atoms with Crippen molar-refractivity contribution in [2.75, 3.05) is 13.7 Å². The Hall–Kier alpha value is -3.01. The third-order valence-corrected chi connectivity index (χ3v) is 5.83. The zero-order chi connectivity index (χ0) is 24.3. The number of imidazole rings is 2. The lowest BCUT2D eigenvalue weighted by molar-refractivity contribution is -0.143. The Labute approximate surface area is 201 Å². The number of ether oxygens (including phenoxy) is 1. The topological polar surface area (TPSA) is 105 Å². The average Bonchev–Trinajstić information content (AvgIpc) is 3.47. The minimum atomic E-state index is -0.156. The smallest absolute Gasteiger partial charge is 0.305 e. The molecule has 0 aliphatic rings. The van der Waals surface area contributed by atoms with E-state index in [2.05, 4.69) is 49.0 Å². The van der Waals surface area contributed by atoms with Gasteiger partial charge in [-0.2, -0.15) is 0 Å². The summed E-state index contributed by atoms with van der Waals surface area (Å²) in [5.41, 5.74) is 8.74. The number of esters is 1. The number of nitrogens with two attached hydrogens (primary N) is 1. The molecule has 0 saturated carbocycles. The summed E-state index contributed by atoms with van der Waals surface area (Å²) in [7, 11) is 4.03. The highest BCUT2D eigenvalue weighted by Crippen LogP contribution is 2.14. The fourth-order valence-corrected chi connectivity index (χ4v) is 3.84. The van der Waals surface area contributed by atoms with Crippen molar-refractivity contribution in [2.45, 2.75) is 58.5 Å². The summed E-state index contributed by atoms with van der Waals surface area (Å²) < 4.78 is 7.02. The maximum atomic E-state index is 11.5. The first-order valence-corrected chi connectivity index (χ1v) is 11.8. The Morgan fingerprint density at radius 2 is 1.85 bits per heavy atom. The molecule has 0 spiro atoms. The van der Waals surface area contributed by atoms with Crippen LogP contribution >= 0.6 is 0 Å². The van der Waals surface area contributed by atoms with Crippen molar-refractivity contribution in [1.82, 2.24) is 29.3 Å². The highest BCUT2D eigenvalue weighted by atomic mass is 16.5. The zero-order valence-corrected chi connectivity index (χ0v) is 20.5. The molecule has 184 valence electrons. The first kappa shape index (κ1) is 25.6. The largest absolute Gasteiger partial charge is 0.466 e. The number of aryl methyl sites for hydroxylation is 1. The van der Waals surface area contributed by atoms with Crippen molar-refractivity contribution in [3.8, 4) is 0 Å². The molecule has 0 fully saturated rings. The van der Waals surface area contributed by atoms with Gasteiger partial charge in [0.2, 0.25) is 0 Å². The van der Waals surface area contributed by atoms with Crippen LogP contribution in [0, 0.1) is 0 Å². The minimum Gasteiger partial charge on any atom is -0.466 e. The maximum Gasteiger partial charge on any atom is 0.305 e. The van der Waals surface area contributed by atoms with Gasteiger partial charge >= 0.3 is 5.97 Å². The molecular weight excluding hydrogens is 430 g/mol. The number of aromatic nitrogens is 4. The van der Waals surface area contributed by atoms with Gasteiger partial charge in [0.25, 0.3) is 0 Å². The van der Waals surface area contributed by atoms with Gasteiger partial charge in [0.05, 0.1) is 25.9 Å². The van der Waals surface area contributed by atoms with Gasteiger partial charge in [0.15, 0.2) is 0 Å². The molecular formula is C25H37N7O2. The van der Waals surface area contributed by atoms with Gasteiger partial charge in [-0.1, -0.05) is 24.3 Å². The molecule has 3 N–H and O–H groups in total. The van der Waals surface area contributed by atoms with Crippen LogP contribution in [-0.4, -0.2) is 55.1 Å². The van der Waals surface area contributed by atoms with Gasteiger partial charge < -0.3 is 20.0 Å². The molecule has 0 radical (unpaired) electrons. The Morgan fingerprint density at radius 3 is 2.47 bits per heavy atom. The molecule has 9 nitrogen and oxygen atoms in total. The van der Waals surface area contributed by atoms with E-state index >= 15 is 0 Å². The quantitative estimate of drug-likeness (QED) is 0.277. The van der Waals surface area contributed by atoms with Crippen LogP contribution in [-0.2, 0) is 42.8 Å². The monoisotopic (exact) mass is 467 g/mol. The molecule has 0 aliphatic heterocycles. The highest BCUT2D eigenvalue weighted by molar-refractivity contribution is 5.69. The molecule has 1 unspecified atom stereocenters. The van der Waals surface area contributed by atoms with E-state index in [1.165, 1.54) is 11.1 Å². The van der Waals surface area contributed by atoms with Crippen molar-refractivity contribution in [1.29, 1.82) is 0 Å². The molecule has 3 aromatic rings. The van der Waals surface area contributed by atoms with Crippen molar-refractivity contribution in [3.05, 3.63) is 71.8 Å². The molecule has 34 heavy (non-hydrogen) atoms. The Balaban J connectivity index is 1.53. The fraction of sp³-hybridized carbons (Fsp3) is 0.480. The molecule has 1 atom stereocenters. The summed E-state index contributed by atoms with van der Waals surface area (Å²) in [6.45, 7) is 5.23. The number of hydrogen-bond acceptors (Lipinski definition) is 7. The fourth-order valence-electron chi connectivity index (χ4n) is 3.84. The first-order chi connectivity index (χ1) is 16.4. The van der Waals surface area contributed by atoms with Crippen LogP contribution in [0.5, 0.6) is 0 Å². The van der Waals surface area contributed by atoms with E-state index in [9.17, 15) is 4.79 Å². The maximum absolute atomic E-state index is 11.5. The van der Waals surface area contributed by atoms with Crippen molar-refractivity contribution in [3.63, 3.8) is 0 Å². The normalized spacial score (nSPS) is 12.4. The third kappa shape index (κ3) is 8.09. The zero-order valence-electron chi connectivity index (χ0n) is 20.5. The number of hydrogen-bond donors (Lipinski definition) is 2. The summed E-state index contributed by atoms with van der Waals surface area (Å²) in [6.07, 6.45) is 9.21. The van der Waals surface area contributed by atoms with Gasteiger partial charge in [-0.15, -0.1) is 0 Å². The minimum absolute atomic E-state index is 0.101. The van der Waals surface area contributed by atoms with Crippen LogP contribution in [0.15, 0.2) is 49.1 Å². The molecule has 0 amide bonds. The Kier molecular flexibility index (Phi) is 9.81. The summed E-state index contributed by atoms with van der Waals surface area (Å²) in [5, 5.41) is 0. The molecule has 9 heteroatoms. The van der Waals surface area contributed by atoms with Crippen LogP contribution < -0.4 is 5.73 Å². The average molecular weight is 468 g/mol. The second kappa shape index (κ2) is 13.0. The number of H-pyrrole nitrogens is 1. The number of aromatic amines is 1. The van der Waals surface area contributed by atoms with Crippen LogP contribution in [0.1, 0.15) is 49.0 Å². The molecule has 0 aliphatic carbocycles. The van der Waals surface area contributed by atoms with Gasteiger partial charge in [-0.05, 0) is 37.9 Å². The molecule has 0 bridgehead atoms. The SMILES string of the molecule is CCOC(=O)CCCC(N)N(C)Cc1ccc(CN(Cc2ncc[nH]2)Cc2nccn2C)cc1. The second-order valence-electron chi connectivity index (χ2n) is 8.63. The van der Waals surface area contributed by atoms with Crippen LogP contribution in [0.3, 0.4) is 0 Å². The Morgan fingerprint density at radius 1 is 1.12 bits per heavy atom. The summed E-state index contributed by atoms with van der Waals surface area (Å²) in [5.74, 6) is 1.79. The van der Waals surface area contributed by atoms with Crippen molar-refractivity contribution >= 4 is 5.97 Å². The molecule has 3 rings (SSSR count). The highest BCUT2D eigenvalue weighted by Gasteiger charge is 2.14. The Bertz CT molecular complexity index is 985. The summed E-state index contributed by atoms with van der Waals surface area (Å²) in [4.78, 5) is 28.0. The second-order valence-corrected chi connectivity index (χ2v) is 8.63. The van der Waals surface area contributed by atoms with Gasteiger partial charge in [-0.25, -0.2) is 9.97 Å². The van der Waals surface area contributed by atoms with E-state index in [0.717, 1.165) is 44.1 Å². The predicted octanol–water partition coefficient (Wildman–Crippen LogP) is 2.80. The van der Waals surface area contributed by atoms with Gasteiger partial charge in [-0.3, -0.25) is 14.6 Å². The molecule has 1 aromatic carbocycles. The number of carbonyl (C=O) groups excluding carboxylic acids is 1. The number of carbonyl (C=O) groups is 1. The lowest BCUT2D eigenvalue weighted by Gasteiger charge is -2.25. The number of nitrogens with zero attached hydrogens (tertiary/aromatic N) is 5. The van der Waals surface area contributed by atoms with E-state index in [0.29, 0.717) is 19.6 Å². The number of nitrogens with one attached hydrogen (secondary N) is 1. The number of benzene rings is 1. The van der Waals surface area contributed by atoms with Crippen LogP contribution in [0.2, 0.25) is 0 Å². The lowest BCUT2D eigenvalue weighted by Crippen LogP contribution is -2.38. The molecule has 0 saturated heterocycles. The lowest BCUT2D eigenvalue weighted by atomic mass is 10.1. The van der Waals surface area contributed by atoms with Crippen molar-refractivity contribution in [2.24, 2.45) is 12.8 Å². The van der Waals surface area contributed by atoms with Gasteiger partial charge in [0, 0.05) is 51.3 Å². The van der Waals surface area contributed by atoms with E-state index in [4.69, 9.17) is 10.5 Å². The molecule has 2 heterocycles. The van der Waals surface area contributed by atoms with E-state index in [-0.39, 0.29) is 12.1 Å². The van der Waals surface area contributed by atoms with E-state index in [1.807, 2.05) is 44.2 Å². The molecule has 2 aromatic heterocycles. The van der Waals surface area contributed by atoms with E-state index < -0.39 is 0 Å². The van der Waals surface area contributed by atoms with Crippen LogP contribution in [0.4, 0.5) is 0 Å². The predicted molar refractivity (Wildman–Crippen MR) is 131 cm³/mol. The third-order valence-electron chi connectivity index (χ3n) is 5.83. The van der Waals surface area contributed by atoms with Gasteiger partial charge in [0.1, 0.15) is 11.6 Å². The van der Waals surface area contributed by atoms with Crippen LogP contribution in [0.25, 0.3) is 0 Å². The standard InChI is InChI=1S/C25H37N7O2/c1-4-34-25(33)7-5-6-22(26)31(3)16-20-8-10-21(11-9-20)17-32(18-23-27-12-13-28-23)19-24-29-14-15-30(24)2/h8-15,22H,4-7,16-19,26H2,1-3H3,(H,27,28).